The van der Waals surface area contributed by atoms with Crippen molar-refractivity contribution >= 4 is 5.78 Å². The number of Topliss-reactive ketones (excluding diaryl/α,β-unsaturated/α-hetero) is 1. The van der Waals surface area contributed by atoms with Gasteiger partial charge in [-0.25, -0.2) is 0 Å². The van der Waals surface area contributed by atoms with Crippen LogP contribution in [0.25, 0.3) is 0 Å². The van der Waals surface area contributed by atoms with E-state index in [2.05, 4.69) is 6.92 Å². The van der Waals surface area contributed by atoms with Crippen molar-refractivity contribution in [3.63, 3.8) is 0 Å². The monoisotopic (exact) mass is 318 g/mol. The van der Waals surface area contributed by atoms with E-state index in [1.54, 1.807) is 6.07 Å². The smallest absolute Gasteiger partial charge is 0.166 e. The zero-order valence-corrected chi connectivity index (χ0v) is 15.1. The number of phenols is 1. The minimum atomic E-state index is 0.0208. The molecular weight excluding hydrogens is 284 g/mol. The number of carbonyl (C=O) groups excluding carboxylic acids is 1. The number of aryl methyl sites for hydroxylation is 1. The molecular formula is C21H34O2. The molecule has 2 heteroatoms. The number of phenolic OH excluding ortho intramolecular Hbond substituents is 1. The molecule has 1 aromatic rings. The van der Waals surface area contributed by atoms with Crippen LogP contribution in [-0.4, -0.2) is 10.9 Å². The summed E-state index contributed by atoms with van der Waals surface area (Å²) in [6, 6.07) is 5.47. The molecule has 0 atom stereocenters. The summed E-state index contributed by atoms with van der Waals surface area (Å²) in [6.45, 7) is 4.09. The maximum atomic E-state index is 11.8. The van der Waals surface area contributed by atoms with E-state index >= 15 is 0 Å². The van der Waals surface area contributed by atoms with Gasteiger partial charge < -0.3 is 5.11 Å². The fraction of sp³-hybridized carbons (Fsp3) is 0.667. The molecule has 0 saturated carbocycles. The van der Waals surface area contributed by atoms with Crippen molar-refractivity contribution in [2.45, 2.75) is 90.9 Å². The Morgan fingerprint density at radius 2 is 1.43 bits per heavy atom. The van der Waals surface area contributed by atoms with Crippen molar-refractivity contribution in [1.29, 1.82) is 0 Å². The van der Waals surface area contributed by atoms with Gasteiger partial charge in [0, 0.05) is 6.42 Å². The Kier molecular flexibility index (Phi) is 10.4. The zero-order valence-electron chi connectivity index (χ0n) is 15.1. The van der Waals surface area contributed by atoms with Gasteiger partial charge in [-0.05, 0) is 30.5 Å². The van der Waals surface area contributed by atoms with E-state index in [1.165, 1.54) is 69.8 Å². The van der Waals surface area contributed by atoms with Crippen LogP contribution in [0.5, 0.6) is 5.75 Å². The standard InChI is InChI=1S/C21H34O2/c1-3-5-6-7-8-9-10-11-12-13-14-18-15-16-21(23)19(17-18)20(22)4-2/h15-17,23H,3-14H2,1-2H3. The fourth-order valence-corrected chi connectivity index (χ4v) is 2.97. The van der Waals surface area contributed by atoms with Crippen LogP contribution >= 0.6 is 0 Å². The summed E-state index contributed by atoms with van der Waals surface area (Å²) in [5, 5.41) is 9.76. The third-order valence-corrected chi connectivity index (χ3v) is 4.50. The number of ketones is 1. The molecule has 0 heterocycles. The van der Waals surface area contributed by atoms with Crippen molar-refractivity contribution < 1.29 is 9.90 Å². The first-order valence-corrected chi connectivity index (χ1v) is 9.54. The number of aromatic hydroxyl groups is 1. The molecule has 0 spiro atoms. The maximum Gasteiger partial charge on any atom is 0.166 e. The molecule has 0 unspecified atom stereocenters. The average Bonchev–Trinajstić information content (AvgIpc) is 2.57. The van der Waals surface area contributed by atoms with Gasteiger partial charge in [-0.2, -0.15) is 0 Å². The number of hydrogen-bond acceptors (Lipinski definition) is 2. The predicted octanol–water partition coefficient (Wildman–Crippen LogP) is 6.45. The van der Waals surface area contributed by atoms with Crippen molar-refractivity contribution in [2.75, 3.05) is 0 Å². The van der Waals surface area contributed by atoms with Gasteiger partial charge in [0.2, 0.25) is 0 Å². The van der Waals surface area contributed by atoms with Crippen LogP contribution in [0, 0.1) is 0 Å². The van der Waals surface area contributed by atoms with Gasteiger partial charge in [-0.15, -0.1) is 0 Å². The Morgan fingerprint density at radius 1 is 0.870 bits per heavy atom. The maximum absolute atomic E-state index is 11.8. The third-order valence-electron chi connectivity index (χ3n) is 4.50. The van der Waals surface area contributed by atoms with Gasteiger partial charge in [0.05, 0.1) is 5.56 Å². The highest BCUT2D eigenvalue weighted by Crippen LogP contribution is 2.21. The summed E-state index contributed by atoms with van der Waals surface area (Å²) in [7, 11) is 0. The summed E-state index contributed by atoms with van der Waals surface area (Å²) in [5.74, 6) is 0.135. The molecule has 1 rings (SSSR count). The second-order valence-corrected chi connectivity index (χ2v) is 6.56. The van der Waals surface area contributed by atoms with E-state index in [9.17, 15) is 9.90 Å². The van der Waals surface area contributed by atoms with Gasteiger partial charge in [-0.1, -0.05) is 77.7 Å². The summed E-state index contributed by atoms with van der Waals surface area (Å²) in [4.78, 5) is 11.8. The molecule has 0 radical (unpaired) electrons. The Hall–Kier alpha value is -1.31. The number of benzene rings is 1. The van der Waals surface area contributed by atoms with Gasteiger partial charge in [0.25, 0.3) is 0 Å². The van der Waals surface area contributed by atoms with Crippen molar-refractivity contribution in [3.05, 3.63) is 29.3 Å². The first kappa shape index (κ1) is 19.7. The summed E-state index contributed by atoms with van der Waals surface area (Å²) >= 11 is 0. The van der Waals surface area contributed by atoms with E-state index in [0.717, 1.165) is 6.42 Å². The Labute approximate surface area is 142 Å². The van der Waals surface area contributed by atoms with Crippen molar-refractivity contribution in [3.8, 4) is 5.75 Å². The number of unbranched alkanes of at least 4 members (excludes halogenated alkanes) is 9. The summed E-state index contributed by atoms with van der Waals surface area (Å²) in [5.41, 5.74) is 1.65. The molecule has 0 aliphatic heterocycles. The molecule has 1 aromatic carbocycles. The largest absolute Gasteiger partial charge is 0.507 e. The lowest BCUT2D eigenvalue weighted by atomic mass is 10.00. The highest BCUT2D eigenvalue weighted by atomic mass is 16.3. The van der Waals surface area contributed by atoms with E-state index in [4.69, 9.17) is 0 Å². The van der Waals surface area contributed by atoms with Gasteiger partial charge in [-0.3, -0.25) is 4.79 Å². The molecule has 0 aliphatic carbocycles. The molecule has 0 amide bonds. The van der Waals surface area contributed by atoms with Crippen LogP contribution in [0.15, 0.2) is 18.2 Å². The SMILES string of the molecule is CCCCCCCCCCCCc1ccc(O)c(C(=O)CC)c1. The van der Waals surface area contributed by atoms with E-state index in [0.29, 0.717) is 12.0 Å². The minimum Gasteiger partial charge on any atom is -0.507 e. The second-order valence-electron chi connectivity index (χ2n) is 6.56. The predicted molar refractivity (Wildman–Crippen MR) is 98.3 cm³/mol. The molecule has 0 saturated heterocycles. The molecule has 23 heavy (non-hydrogen) atoms. The van der Waals surface area contributed by atoms with Gasteiger partial charge in [0.15, 0.2) is 5.78 Å². The summed E-state index contributed by atoms with van der Waals surface area (Å²) in [6.07, 6.45) is 14.8. The quantitative estimate of drug-likeness (QED) is 0.335. The van der Waals surface area contributed by atoms with Crippen LogP contribution in [0.1, 0.15) is 100 Å². The van der Waals surface area contributed by atoms with E-state index in [1.807, 2.05) is 19.1 Å². The van der Waals surface area contributed by atoms with Crippen LogP contribution < -0.4 is 0 Å². The lowest BCUT2D eigenvalue weighted by molar-refractivity contribution is 0.0985. The second kappa shape index (κ2) is 12.2. The third kappa shape index (κ3) is 8.20. The van der Waals surface area contributed by atoms with E-state index < -0.39 is 0 Å². The fourth-order valence-electron chi connectivity index (χ4n) is 2.97. The average molecular weight is 319 g/mol. The summed E-state index contributed by atoms with van der Waals surface area (Å²) < 4.78 is 0. The molecule has 1 N–H and O–H groups in total. The first-order valence-electron chi connectivity index (χ1n) is 9.54. The lowest BCUT2D eigenvalue weighted by Gasteiger charge is -2.07. The topological polar surface area (TPSA) is 37.3 Å². The van der Waals surface area contributed by atoms with Crippen LogP contribution in [0.3, 0.4) is 0 Å². The van der Waals surface area contributed by atoms with Gasteiger partial charge in [0.1, 0.15) is 5.75 Å². The highest BCUT2D eigenvalue weighted by molar-refractivity contribution is 5.98. The van der Waals surface area contributed by atoms with Crippen LogP contribution in [-0.2, 0) is 6.42 Å². The Morgan fingerprint density at radius 3 is 2.00 bits per heavy atom. The van der Waals surface area contributed by atoms with Gasteiger partial charge >= 0.3 is 0 Å². The molecule has 0 aromatic heterocycles. The number of carbonyl (C=O) groups is 1. The molecule has 0 fully saturated rings. The lowest BCUT2D eigenvalue weighted by Crippen LogP contribution is -1.98. The first-order chi connectivity index (χ1) is 11.2. The number of hydrogen-bond donors (Lipinski definition) is 1. The highest BCUT2D eigenvalue weighted by Gasteiger charge is 2.09. The minimum absolute atomic E-state index is 0.0208. The number of rotatable bonds is 13. The van der Waals surface area contributed by atoms with Crippen LogP contribution in [0.2, 0.25) is 0 Å². The molecule has 130 valence electrons. The Bertz CT molecular complexity index is 451. The van der Waals surface area contributed by atoms with E-state index in [-0.39, 0.29) is 11.5 Å². The normalized spacial score (nSPS) is 10.9. The van der Waals surface area contributed by atoms with Crippen molar-refractivity contribution in [2.24, 2.45) is 0 Å². The molecule has 2 nitrogen and oxygen atoms in total. The molecule has 0 bridgehead atoms. The Balaban J connectivity index is 2.15. The zero-order chi connectivity index (χ0) is 16.9. The molecule has 0 aliphatic rings. The van der Waals surface area contributed by atoms with Crippen LogP contribution in [0.4, 0.5) is 0 Å². The van der Waals surface area contributed by atoms with Crippen molar-refractivity contribution in [1.82, 2.24) is 0 Å².